The second-order valence-electron chi connectivity index (χ2n) is 4.84. The van der Waals surface area contributed by atoms with Gasteiger partial charge >= 0.3 is 5.97 Å². The van der Waals surface area contributed by atoms with Gasteiger partial charge in [-0.15, -0.1) is 0 Å². The maximum atomic E-state index is 11.8. The molecule has 3 N–H and O–H groups in total. The van der Waals surface area contributed by atoms with Crippen LogP contribution in [0.4, 0.5) is 0 Å². The topological polar surface area (TPSA) is 121 Å². The van der Waals surface area contributed by atoms with Crippen LogP contribution < -0.4 is 16.4 Å². The van der Waals surface area contributed by atoms with Crippen molar-refractivity contribution in [3.05, 3.63) is 32.8 Å². The van der Waals surface area contributed by atoms with Gasteiger partial charge in [0.05, 0.1) is 6.42 Å². The Morgan fingerprint density at radius 1 is 1.40 bits per heavy atom. The van der Waals surface area contributed by atoms with Crippen molar-refractivity contribution in [2.24, 2.45) is 5.92 Å². The monoisotopic (exact) mass is 281 g/mol. The lowest BCUT2D eigenvalue weighted by Gasteiger charge is -2.16. The fraction of sp³-hybridized carbons (Fsp3) is 0.500. The molecule has 2 rings (SSSR count). The molecule has 0 radical (unpaired) electrons. The van der Waals surface area contributed by atoms with Crippen molar-refractivity contribution in [3.63, 3.8) is 0 Å². The number of carbonyl (C=O) groups is 2. The number of nitrogens with one attached hydrogen (secondary N) is 2. The highest BCUT2D eigenvalue weighted by molar-refractivity contribution is 5.77. The highest BCUT2D eigenvalue weighted by Crippen LogP contribution is 2.33. The highest BCUT2D eigenvalue weighted by Gasteiger charge is 2.33. The first-order chi connectivity index (χ1) is 9.45. The molecule has 0 saturated heterocycles. The Morgan fingerprint density at radius 2 is 2.10 bits per heavy atom. The molecule has 1 fully saturated rings. The fourth-order valence-corrected chi connectivity index (χ4v) is 2.00. The number of nitrogens with zero attached hydrogens (tertiary/aromatic N) is 1. The standard InChI is InChI=1S/C12H15N3O5/c16-9-3-4-11(18)15(14-9)6-10(17)13-8(5-12(19)20)7-1-2-7/h3-4,7-8H,1-2,5-6H2,(H,13,17)(H,14,16)(H,19,20). The van der Waals surface area contributed by atoms with Gasteiger partial charge in [0, 0.05) is 18.2 Å². The second kappa shape index (κ2) is 5.72. The maximum Gasteiger partial charge on any atom is 0.305 e. The van der Waals surface area contributed by atoms with Crippen LogP contribution >= 0.6 is 0 Å². The van der Waals surface area contributed by atoms with Gasteiger partial charge < -0.3 is 10.4 Å². The summed E-state index contributed by atoms with van der Waals surface area (Å²) in [6, 6.07) is 1.72. The van der Waals surface area contributed by atoms with Crippen LogP contribution in [-0.2, 0) is 16.1 Å². The molecule has 1 aromatic rings. The van der Waals surface area contributed by atoms with E-state index >= 15 is 0 Å². The van der Waals surface area contributed by atoms with E-state index < -0.39 is 29.0 Å². The number of rotatable bonds is 6. The molecule has 108 valence electrons. The van der Waals surface area contributed by atoms with Crippen LogP contribution in [-0.4, -0.2) is 32.8 Å². The summed E-state index contributed by atoms with van der Waals surface area (Å²) in [6.45, 7) is -0.336. The van der Waals surface area contributed by atoms with Crippen molar-refractivity contribution >= 4 is 11.9 Å². The van der Waals surface area contributed by atoms with E-state index in [0.717, 1.165) is 29.7 Å². The molecule has 0 aliphatic heterocycles. The number of hydrogen-bond acceptors (Lipinski definition) is 4. The van der Waals surface area contributed by atoms with Gasteiger partial charge in [-0.3, -0.25) is 24.3 Å². The van der Waals surface area contributed by atoms with E-state index in [4.69, 9.17) is 5.11 Å². The lowest BCUT2D eigenvalue weighted by atomic mass is 10.1. The predicted molar refractivity (Wildman–Crippen MR) is 68.2 cm³/mol. The lowest BCUT2D eigenvalue weighted by Crippen LogP contribution is -2.42. The number of hydrogen-bond donors (Lipinski definition) is 3. The Kier molecular flexibility index (Phi) is 4.02. The van der Waals surface area contributed by atoms with Gasteiger partial charge in [0.1, 0.15) is 6.54 Å². The fourth-order valence-electron chi connectivity index (χ4n) is 2.00. The van der Waals surface area contributed by atoms with Gasteiger partial charge in [-0.1, -0.05) is 0 Å². The Balaban J connectivity index is 2.00. The van der Waals surface area contributed by atoms with Crippen LogP contribution in [0.15, 0.2) is 21.7 Å². The van der Waals surface area contributed by atoms with E-state index in [0.29, 0.717) is 0 Å². The maximum absolute atomic E-state index is 11.8. The summed E-state index contributed by atoms with van der Waals surface area (Å²) in [5.74, 6) is -1.29. The van der Waals surface area contributed by atoms with E-state index in [2.05, 4.69) is 10.4 Å². The van der Waals surface area contributed by atoms with Crippen molar-refractivity contribution < 1.29 is 14.7 Å². The summed E-state index contributed by atoms with van der Waals surface area (Å²) in [4.78, 5) is 45.1. The summed E-state index contributed by atoms with van der Waals surface area (Å²) >= 11 is 0. The number of carboxylic acid groups (broad SMARTS) is 1. The number of carbonyl (C=O) groups excluding carboxylic acids is 1. The molecule has 8 heteroatoms. The molecule has 0 aromatic carbocycles. The quantitative estimate of drug-likeness (QED) is 0.611. The van der Waals surface area contributed by atoms with Gasteiger partial charge in [-0.25, -0.2) is 4.68 Å². The smallest absolute Gasteiger partial charge is 0.305 e. The van der Waals surface area contributed by atoms with Crippen molar-refractivity contribution in [3.8, 4) is 0 Å². The van der Waals surface area contributed by atoms with Crippen molar-refractivity contribution in [1.82, 2.24) is 15.1 Å². The highest BCUT2D eigenvalue weighted by atomic mass is 16.4. The summed E-state index contributed by atoms with van der Waals surface area (Å²) < 4.78 is 0.891. The van der Waals surface area contributed by atoms with Crippen LogP contribution in [0.5, 0.6) is 0 Å². The van der Waals surface area contributed by atoms with E-state index in [1.807, 2.05) is 0 Å². The molecule has 1 aromatic heterocycles. The average Bonchev–Trinajstić information content (AvgIpc) is 3.16. The number of carboxylic acids is 1. The first-order valence-corrected chi connectivity index (χ1v) is 6.27. The summed E-state index contributed by atoms with van der Waals surface area (Å²) in [5.41, 5.74) is -0.984. The van der Waals surface area contributed by atoms with E-state index in [1.54, 1.807) is 0 Å². The first-order valence-electron chi connectivity index (χ1n) is 6.27. The summed E-state index contributed by atoms with van der Waals surface area (Å²) in [6.07, 6.45) is 1.64. The van der Waals surface area contributed by atoms with Crippen LogP contribution in [0.3, 0.4) is 0 Å². The molecular formula is C12H15N3O5. The van der Waals surface area contributed by atoms with E-state index in [9.17, 15) is 19.2 Å². The van der Waals surface area contributed by atoms with Gasteiger partial charge in [-0.2, -0.15) is 0 Å². The number of aromatic nitrogens is 2. The molecule has 1 unspecified atom stereocenters. The largest absolute Gasteiger partial charge is 0.481 e. The number of aliphatic carboxylic acids is 1. The normalized spacial score (nSPS) is 15.6. The Hall–Kier alpha value is -2.38. The SMILES string of the molecule is O=C(O)CC(NC(=O)Cn1[nH]c(=O)ccc1=O)C1CC1. The molecule has 1 saturated carbocycles. The molecule has 1 atom stereocenters. The molecule has 1 aliphatic rings. The summed E-state index contributed by atoms with van der Waals surface area (Å²) in [5, 5.41) is 13.6. The molecular weight excluding hydrogens is 266 g/mol. The average molecular weight is 281 g/mol. The van der Waals surface area contributed by atoms with Crippen molar-refractivity contribution in [2.75, 3.05) is 0 Å². The lowest BCUT2D eigenvalue weighted by molar-refractivity contribution is -0.137. The number of amides is 1. The minimum Gasteiger partial charge on any atom is -0.481 e. The zero-order valence-electron chi connectivity index (χ0n) is 10.7. The zero-order chi connectivity index (χ0) is 14.7. The van der Waals surface area contributed by atoms with Crippen molar-refractivity contribution in [1.29, 1.82) is 0 Å². The zero-order valence-corrected chi connectivity index (χ0v) is 10.7. The third-order valence-electron chi connectivity index (χ3n) is 3.12. The molecule has 20 heavy (non-hydrogen) atoms. The molecule has 0 bridgehead atoms. The van der Waals surface area contributed by atoms with Crippen LogP contribution in [0, 0.1) is 5.92 Å². The first kappa shape index (κ1) is 14.0. The summed E-state index contributed by atoms with van der Waals surface area (Å²) in [7, 11) is 0. The Morgan fingerprint density at radius 3 is 2.70 bits per heavy atom. The minimum absolute atomic E-state index is 0.142. The Labute approximate surface area is 113 Å². The molecule has 0 spiro atoms. The van der Waals surface area contributed by atoms with Crippen molar-refractivity contribution in [2.45, 2.75) is 31.8 Å². The Bertz CT molecular complexity index is 628. The second-order valence-corrected chi connectivity index (χ2v) is 4.84. The molecule has 8 nitrogen and oxygen atoms in total. The van der Waals surface area contributed by atoms with Gasteiger partial charge in [0.2, 0.25) is 5.91 Å². The number of aromatic amines is 1. The molecule has 1 amide bonds. The van der Waals surface area contributed by atoms with Gasteiger partial charge in [0.15, 0.2) is 0 Å². The van der Waals surface area contributed by atoms with E-state index in [-0.39, 0.29) is 18.9 Å². The van der Waals surface area contributed by atoms with Gasteiger partial charge in [-0.05, 0) is 18.8 Å². The van der Waals surface area contributed by atoms with Crippen LogP contribution in [0.25, 0.3) is 0 Å². The van der Waals surface area contributed by atoms with E-state index in [1.165, 1.54) is 0 Å². The molecule has 1 aliphatic carbocycles. The third kappa shape index (κ3) is 3.81. The minimum atomic E-state index is -0.979. The van der Waals surface area contributed by atoms with Gasteiger partial charge in [0.25, 0.3) is 11.1 Å². The van der Waals surface area contributed by atoms with Crippen LogP contribution in [0.2, 0.25) is 0 Å². The predicted octanol–water partition coefficient (Wildman–Crippen LogP) is -1.09. The molecule has 1 heterocycles. The van der Waals surface area contributed by atoms with Crippen LogP contribution in [0.1, 0.15) is 19.3 Å². The third-order valence-corrected chi connectivity index (χ3v) is 3.12. The number of H-pyrrole nitrogens is 1.